The fraction of sp³-hybridized carbons (Fsp3) is 0.133. The highest BCUT2D eigenvalue weighted by atomic mass is 35.5. The third-order valence-corrected chi connectivity index (χ3v) is 3.32. The standard InChI is InChI=1S/C15H14ClNO2/c1-9-6-7-11(8-13(9)16)17-15(19)12-5-3-4-10(2)14(12)18/h3-8,18H,1-2H3,(H,17,19). The monoisotopic (exact) mass is 275 g/mol. The van der Waals surface area contributed by atoms with E-state index in [-0.39, 0.29) is 17.2 Å². The highest BCUT2D eigenvalue weighted by molar-refractivity contribution is 6.31. The summed E-state index contributed by atoms with van der Waals surface area (Å²) in [5.41, 5.74) is 2.45. The first-order chi connectivity index (χ1) is 8.99. The van der Waals surface area contributed by atoms with Crippen LogP contribution in [0.4, 0.5) is 5.69 Å². The van der Waals surface area contributed by atoms with E-state index < -0.39 is 0 Å². The molecule has 2 aromatic rings. The Morgan fingerprint density at radius 2 is 1.89 bits per heavy atom. The fourth-order valence-electron chi connectivity index (χ4n) is 1.71. The SMILES string of the molecule is Cc1ccc(NC(=O)c2cccc(C)c2O)cc1Cl. The molecule has 1 amide bonds. The Balaban J connectivity index is 2.26. The molecule has 0 atom stereocenters. The zero-order valence-electron chi connectivity index (χ0n) is 10.7. The summed E-state index contributed by atoms with van der Waals surface area (Å²) in [4.78, 5) is 12.1. The van der Waals surface area contributed by atoms with Crippen LogP contribution in [0.2, 0.25) is 5.02 Å². The molecule has 0 aliphatic rings. The van der Waals surface area contributed by atoms with Gasteiger partial charge in [-0.1, -0.05) is 29.8 Å². The van der Waals surface area contributed by atoms with Gasteiger partial charge in [0.1, 0.15) is 5.75 Å². The first-order valence-electron chi connectivity index (χ1n) is 5.85. The van der Waals surface area contributed by atoms with Crippen molar-refractivity contribution < 1.29 is 9.90 Å². The van der Waals surface area contributed by atoms with E-state index in [9.17, 15) is 9.90 Å². The largest absolute Gasteiger partial charge is 0.507 e. The molecule has 0 saturated carbocycles. The number of carbonyl (C=O) groups is 1. The van der Waals surface area contributed by atoms with Gasteiger partial charge in [0, 0.05) is 10.7 Å². The fourth-order valence-corrected chi connectivity index (χ4v) is 1.89. The Kier molecular flexibility index (Phi) is 3.76. The van der Waals surface area contributed by atoms with Crippen LogP contribution in [-0.2, 0) is 0 Å². The molecular weight excluding hydrogens is 262 g/mol. The first-order valence-corrected chi connectivity index (χ1v) is 6.23. The lowest BCUT2D eigenvalue weighted by atomic mass is 10.1. The molecule has 3 nitrogen and oxygen atoms in total. The van der Waals surface area contributed by atoms with Gasteiger partial charge in [0.05, 0.1) is 5.56 Å². The molecule has 2 aromatic carbocycles. The lowest BCUT2D eigenvalue weighted by molar-refractivity contribution is 0.102. The van der Waals surface area contributed by atoms with Crippen molar-refractivity contribution in [3.8, 4) is 5.75 Å². The summed E-state index contributed by atoms with van der Waals surface area (Å²) in [6.45, 7) is 3.63. The van der Waals surface area contributed by atoms with Crippen molar-refractivity contribution in [1.29, 1.82) is 0 Å². The van der Waals surface area contributed by atoms with Gasteiger partial charge in [-0.05, 0) is 43.2 Å². The van der Waals surface area contributed by atoms with Crippen molar-refractivity contribution in [1.82, 2.24) is 0 Å². The second-order valence-corrected chi connectivity index (χ2v) is 4.80. The van der Waals surface area contributed by atoms with Crippen LogP contribution in [0.25, 0.3) is 0 Å². The molecule has 4 heteroatoms. The van der Waals surface area contributed by atoms with E-state index >= 15 is 0 Å². The lowest BCUT2D eigenvalue weighted by Crippen LogP contribution is -2.12. The van der Waals surface area contributed by atoms with Crippen LogP contribution in [0, 0.1) is 13.8 Å². The van der Waals surface area contributed by atoms with Crippen molar-refractivity contribution in [2.24, 2.45) is 0 Å². The Hall–Kier alpha value is -2.00. The molecule has 0 fully saturated rings. The zero-order chi connectivity index (χ0) is 14.0. The van der Waals surface area contributed by atoms with Crippen LogP contribution in [0.3, 0.4) is 0 Å². The molecule has 0 heterocycles. The van der Waals surface area contributed by atoms with Crippen LogP contribution in [-0.4, -0.2) is 11.0 Å². The molecule has 0 aliphatic heterocycles. The van der Waals surface area contributed by atoms with Gasteiger partial charge in [0.25, 0.3) is 5.91 Å². The van der Waals surface area contributed by atoms with Gasteiger partial charge >= 0.3 is 0 Å². The number of hydrogen-bond acceptors (Lipinski definition) is 2. The van der Waals surface area contributed by atoms with E-state index in [1.165, 1.54) is 0 Å². The number of rotatable bonds is 2. The Bertz CT molecular complexity index is 638. The van der Waals surface area contributed by atoms with Gasteiger partial charge in [0.15, 0.2) is 0 Å². The van der Waals surface area contributed by atoms with Crippen molar-refractivity contribution in [2.45, 2.75) is 13.8 Å². The van der Waals surface area contributed by atoms with Crippen LogP contribution < -0.4 is 5.32 Å². The molecule has 0 spiro atoms. The maximum Gasteiger partial charge on any atom is 0.259 e. The Labute approximate surface area is 116 Å². The average molecular weight is 276 g/mol. The van der Waals surface area contributed by atoms with Gasteiger partial charge < -0.3 is 10.4 Å². The average Bonchev–Trinajstić information content (AvgIpc) is 2.37. The van der Waals surface area contributed by atoms with Crippen LogP contribution >= 0.6 is 11.6 Å². The highest BCUT2D eigenvalue weighted by Gasteiger charge is 2.12. The number of para-hydroxylation sites is 1. The molecule has 0 unspecified atom stereocenters. The number of phenols is 1. The number of amides is 1. The van der Waals surface area contributed by atoms with E-state index in [0.717, 1.165) is 5.56 Å². The number of hydrogen-bond donors (Lipinski definition) is 2. The molecule has 0 saturated heterocycles. The van der Waals surface area contributed by atoms with Gasteiger partial charge in [-0.25, -0.2) is 0 Å². The summed E-state index contributed by atoms with van der Waals surface area (Å²) >= 11 is 6.00. The first kappa shape index (κ1) is 13.4. The summed E-state index contributed by atoms with van der Waals surface area (Å²) in [6, 6.07) is 10.3. The van der Waals surface area contributed by atoms with Gasteiger partial charge in [-0.15, -0.1) is 0 Å². The van der Waals surface area contributed by atoms with E-state index in [1.54, 1.807) is 37.3 Å². The smallest absolute Gasteiger partial charge is 0.259 e. The van der Waals surface area contributed by atoms with Crippen molar-refractivity contribution in [3.63, 3.8) is 0 Å². The maximum absolute atomic E-state index is 12.1. The summed E-state index contributed by atoms with van der Waals surface area (Å²) in [6.07, 6.45) is 0. The number of carbonyl (C=O) groups excluding carboxylic acids is 1. The minimum atomic E-state index is -0.360. The van der Waals surface area contributed by atoms with Gasteiger partial charge in [-0.2, -0.15) is 0 Å². The van der Waals surface area contributed by atoms with Gasteiger partial charge in [-0.3, -0.25) is 4.79 Å². The van der Waals surface area contributed by atoms with Crippen molar-refractivity contribution in [3.05, 3.63) is 58.1 Å². The Morgan fingerprint density at radius 3 is 2.58 bits per heavy atom. The topological polar surface area (TPSA) is 49.3 Å². The number of anilines is 1. The normalized spacial score (nSPS) is 10.3. The van der Waals surface area contributed by atoms with E-state index in [4.69, 9.17) is 11.6 Å². The van der Waals surface area contributed by atoms with E-state index in [1.807, 2.05) is 13.0 Å². The zero-order valence-corrected chi connectivity index (χ0v) is 11.5. The number of benzene rings is 2. The lowest BCUT2D eigenvalue weighted by Gasteiger charge is -2.09. The molecule has 0 bridgehead atoms. The predicted molar refractivity (Wildman–Crippen MR) is 77.0 cm³/mol. The molecule has 2 rings (SSSR count). The third-order valence-electron chi connectivity index (χ3n) is 2.91. The summed E-state index contributed by atoms with van der Waals surface area (Å²) in [5.74, 6) is -0.362. The second kappa shape index (κ2) is 5.33. The highest BCUT2D eigenvalue weighted by Crippen LogP contribution is 2.24. The Morgan fingerprint density at radius 1 is 1.16 bits per heavy atom. The number of aromatic hydroxyl groups is 1. The van der Waals surface area contributed by atoms with Crippen molar-refractivity contribution in [2.75, 3.05) is 5.32 Å². The minimum Gasteiger partial charge on any atom is -0.507 e. The molecule has 0 radical (unpaired) electrons. The van der Waals surface area contributed by atoms with Crippen LogP contribution in [0.1, 0.15) is 21.5 Å². The molecule has 0 aromatic heterocycles. The molecular formula is C15H14ClNO2. The van der Waals surface area contributed by atoms with Gasteiger partial charge in [0.2, 0.25) is 0 Å². The maximum atomic E-state index is 12.1. The molecule has 98 valence electrons. The number of phenolic OH excluding ortho intramolecular Hbond substituents is 1. The van der Waals surface area contributed by atoms with Crippen LogP contribution in [0.5, 0.6) is 5.75 Å². The van der Waals surface area contributed by atoms with Crippen molar-refractivity contribution >= 4 is 23.2 Å². The minimum absolute atomic E-state index is 0.00166. The quantitative estimate of drug-likeness (QED) is 0.873. The second-order valence-electron chi connectivity index (χ2n) is 4.39. The third kappa shape index (κ3) is 2.88. The van der Waals surface area contributed by atoms with E-state index in [2.05, 4.69) is 5.32 Å². The molecule has 19 heavy (non-hydrogen) atoms. The predicted octanol–water partition coefficient (Wildman–Crippen LogP) is 3.91. The number of halogens is 1. The summed E-state index contributed by atoms with van der Waals surface area (Å²) in [7, 11) is 0. The number of aryl methyl sites for hydroxylation is 2. The molecule has 2 N–H and O–H groups in total. The molecule has 0 aliphatic carbocycles. The summed E-state index contributed by atoms with van der Waals surface area (Å²) in [5, 5.41) is 13.2. The van der Waals surface area contributed by atoms with E-state index in [0.29, 0.717) is 16.3 Å². The number of nitrogens with one attached hydrogen (secondary N) is 1. The van der Waals surface area contributed by atoms with Crippen LogP contribution in [0.15, 0.2) is 36.4 Å². The summed E-state index contributed by atoms with van der Waals surface area (Å²) < 4.78 is 0.